The molecule has 3 aromatic rings. The van der Waals surface area contributed by atoms with Crippen LogP contribution < -0.4 is 9.46 Å². The monoisotopic (exact) mass is 397 g/mol. The van der Waals surface area contributed by atoms with Crippen molar-refractivity contribution in [3.8, 4) is 5.75 Å². The van der Waals surface area contributed by atoms with Crippen LogP contribution in [0, 0.1) is 0 Å². The van der Waals surface area contributed by atoms with Crippen molar-refractivity contribution in [1.29, 1.82) is 0 Å². The van der Waals surface area contributed by atoms with E-state index in [1.54, 1.807) is 18.2 Å². The molecule has 0 saturated carbocycles. The number of ether oxygens (including phenoxy) is 1. The Balaban J connectivity index is 2.03. The molecule has 6 nitrogen and oxygen atoms in total. The van der Waals surface area contributed by atoms with Crippen LogP contribution in [0.4, 0.5) is 5.69 Å². The molecule has 0 fully saturated rings. The minimum Gasteiger partial charge on any atom is -0.495 e. The Morgan fingerprint density at radius 1 is 1.20 bits per heavy atom. The molecule has 0 bridgehead atoms. The Morgan fingerprint density at radius 2 is 1.96 bits per heavy atom. The molecule has 0 atom stereocenters. The second-order valence-corrected chi connectivity index (χ2v) is 8.50. The fourth-order valence-corrected chi connectivity index (χ4v) is 4.96. The Morgan fingerprint density at radius 3 is 2.64 bits per heavy atom. The molecule has 9 heteroatoms. The zero-order valence-corrected chi connectivity index (χ0v) is 15.2. The number of nitrogens with one attached hydrogen (secondary N) is 1. The van der Waals surface area contributed by atoms with E-state index in [-0.39, 0.29) is 21.2 Å². The van der Waals surface area contributed by atoms with E-state index in [1.807, 2.05) is 0 Å². The molecule has 1 heterocycles. The molecule has 1 aromatic heterocycles. The van der Waals surface area contributed by atoms with Crippen LogP contribution in [0.2, 0.25) is 5.02 Å². The molecule has 0 unspecified atom stereocenters. The lowest BCUT2D eigenvalue weighted by molar-refractivity contribution is 0.0697. The number of halogens is 1. The summed E-state index contributed by atoms with van der Waals surface area (Å²) in [5.41, 5.74) is -0.000453. The summed E-state index contributed by atoms with van der Waals surface area (Å²) in [5, 5.41) is 10.3. The van der Waals surface area contributed by atoms with E-state index in [1.165, 1.54) is 31.4 Å². The molecule has 130 valence electrons. The Bertz CT molecular complexity index is 1080. The smallest absolute Gasteiger partial charge is 0.335 e. The first-order chi connectivity index (χ1) is 11.8. The largest absolute Gasteiger partial charge is 0.495 e. The van der Waals surface area contributed by atoms with Gasteiger partial charge in [-0.2, -0.15) is 0 Å². The second kappa shape index (κ2) is 6.55. The lowest BCUT2D eigenvalue weighted by Gasteiger charge is -2.11. The summed E-state index contributed by atoms with van der Waals surface area (Å²) in [6.07, 6.45) is 0. The highest BCUT2D eigenvalue weighted by atomic mass is 35.5. The second-order valence-electron chi connectivity index (χ2n) is 5.07. The number of sulfonamides is 1. The number of hydrogen-bond acceptors (Lipinski definition) is 5. The summed E-state index contributed by atoms with van der Waals surface area (Å²) >= 11 is 7.00. The number of hydrogen-bond donors (Lipinski definition) is 2. The lowest BCUT2D eigenvalue weighted by Crippen LogP contribution is -2.13. The average Bonchev–Trinajstić information content (AvgIpc) is 2.98. The minimum absolute atomic E-state index is 0.0536. The van der Waals surface area contributed by atoms with E-state index in [9.17, 15) is 13.2 Å². The van der Waals surface area contributed by atoms with E-state index in [4.69, 9.17) is 21.4 Å². The molecule has 0 spiro atoms. The highest BCUT2D eigenvalue weighted by molar-refractivity contribution is 7.94. The van der Waals surface area contributed by atoms with Gasteiger partial charge in [0.25, 0.3) is 10.0 Å². The molecule has 0 aliphatic rings. The fraction of sp³-hybridized carbons (Fsp3) is 0.0625. The van der Waals surface area contributed by atoms with Crippen LogP contribution in [0.15, 0.2) is 46.7 Å². The van der Waals surface area contributed by atoms with Crippen LogP contribution in [-0.4, -0.2) is 26.6 Å². The number of anilines is 1. The predicted molar refractivity (Wildman–Crippen MR) is 97.6 cm³/mol. The SMILES string of the molecule is COc1ccc(C(=O)O)cc1NS(=O)(=O)c1cc2ccc(Cl)cc2s1. The van der Waals surface area contributed by atoms with Gasteiger partial charge in [0.2, 0.25) is 0 Å². The Kier molecular flexibility index (Phi) is 4.59. The summed E-state index contributed by atoms with van der Waals surface area (Å²) in [4.78, 5) is 11.1. The van der Waals surface area contributed by atoms with Crippen molar-refractivity contribution in [1.82, 2.24) is 0 Å². The van der Waals surface area contributed by atoms with Gasteiger partial charge in [0.05, 0.1) is 18.4 Å². The number of carboxylic acid groups (broad SMARTS) is 1. The Hall–Kier alpha value is -2.29. The lowest BCUT2D eigenvalue weighted by atomic mass is 10.2. The van der Waals surface area contributed by atoms with Gasteiger partial charge in [-0.3, -0.25) is 4.72 Å². The van der Waals surface area contributed by atoms with Crippen LogP contribution in [0.1, 0.15) is 10.4 Å². The normalized spacial score (nSPS) is 11.4. The summed E-state index contributed by atoms with van der Waals surface area (Å²) in [6, 6.07) is 10.6. The van der Waals surface area contributed by atoms with Gasteiger partial charge in [0.1, 0.15) is 9.96 Å². The van der Waals surface area contributed by atoms with Crippen LogP contribution in [0.5, 0.6) is 5.75 Å². The van der Waals surface area contributed by atoms with E-state index in [0.717, 1.165) is 21.4 Å². The highest BCUT2D eigenvalue weighted by Gasteiger charge is 2.20. The maximum absolute atomic E-state index is 12.7. The molecule has 2 aromatic carbocycles. The first-order valence-electron chi connectivity index (χ1n) is 6.93. The fourth-order valence-electron chi connectivity index (χ4n) is 2.23. The zero-order chi connectivity index (χ0) is 18.2. The molecule has 2 N–H and O–H groups in total. The van der Waals surface area contributed by atoms with Crippen molar-refractivity contribution >= 4 is 54.7 Å². The molecule has 3 rings (SSSR count). The first kappa shape index (κ1) is 17.5. The summed E-state index contributed by atoms with van der Waals surface area (Å²) in [6.45, 7) is 0. The number of carbonyl (C=O) groups is 1. The summed E-state index contributed by atoms with van der Waals surface area (Å²) in [5.74, 6) is -0.947. The van der Waals surface area contributed by atoms with Gasteiger partial charge in [-0.15, -0.1) is 11.3 Å². The first-order valence-corrected chi connectivity index (χ1v) is 9.61. The van der Waals surface area contributed by atoms with E-state index in [0.29, 0.717) is 5.02 Å². The third-order valence-corrected chi connectivity index (χ3v) is 6.59. The zero-order valence-electron chi connectivity index (χ0n) is 12.8. The summed E-state index contributed by atoms with van der Waals surface area (Å²) < 4.78 is 33.7. The van der Waals surface area contributed by atoms with Crippen molar-refractivity contribution in [3.63, 3.8) is 0 Å². The topological polar surface area (TPSA) is 92.7 Å². The molecule has 0 saturated heterocycles. The van der Waals surface area contributed by atoms with E-state index < -0.39 is 16.0 Å². The average molecular weight is 398 g/mol. The van der Waals surface area contributed by atoms with Crippen LogP contribution in [0.3, 0.4) is 0 Å². The summed E-state index contributed by atoms with van der Waals surface area (Å²) in [7, 11) is -2.54. The minimum atomic E-state index is -3.91. The van der Waals surface area contributed by atoms with Crippen LogP contribution in [-0.2, 0) is 10.0 Å². The number of aromatic carboxylic acids is 1. The standard InChI is InChI=1S/C16H12ClNO5S2/c1-23-13-5-3-10(16(19)20)6-12(13)18-25(21,22)15-7-9-2-4-11(17)8-14(9)24-15/h2-8,18H,1H3,(H,19,20). The number of carboxylic acids is 1. The number of thiophene rings is 1. The third-order valence-electron chi connectivity index (χ3n) is 3.42. The molecule has 0 radical (unpaired) electrons. The van der Waals surface area contributed by atoms with Gasteiger partial charge in [-0.1, -0.05) is 17.7 Å². The molecule has 25 heavy (non-hydrogen) atoms. The molecular weight excluding hydrogens is 386 g/mol. The van der Waals surface area contributed by atoms with Gasteiger partial charge in [-0.25, -0.2) is 13.2 Å². The number of fused-ring (bicyclic) bond motifs is 1. The van der Waals surface area contributed by atoms with E-state index in [2.05, 4.69) is 4.72 Å². The van der Waals surface area contributed by atoms with Crippen LogP contribution in [0.25, 0.3) is 10.1 Å². The Labute approximate surface area is 152 Å². The maximum atomic E-state index is 12.7. The quantitative estimate of drug-likeness (QED) is 0.677. The molecule has 0 aliphatic heterocycles. The molecular formula is C16H12ClNO5S2. The number of rotatable bonds is 5. The van der Waals surface area contributed by atoms with Crippen LogP contribution >= 0.6 is 22.9 Å². The van der Waals surface area contributed by atoms with Gasteiger partial charge >= 0.3 is 5.97 Å². The van der Waals surface area contributed by atoms with Crippen molar-refractivity contribution in [2.45, 2.75) is 4.21 Å². The van der Waals surface area contributed by atoms with Gasteiger partial charge in [0.15, 0.2) is 0 Å². The molecule has 0 amide bonds. The maximum Gasteiger partial charge on any atom is 0.335 e. The predicted octanol–water partition coefficient (Wildman–Crippen LogP) is 4.06. The van der Waals surface area contributed by atoms with Crippen molar-refractivity contribution < 1.29 is 23.1 Å². The third kappa shape index (κ3) is 3.55. The van der Waals surface area contributed by atoms with Gasteiger partial charge in [-0.05, 0) is 41.8 Å². The van der Waals surface area contributed by atoms with Crippen molar-refractivity contribution in [2.24, 2.45) is 0 Å². The van der Waals surface area contributed by atoms with Crippen molar-refractivity contribution in [2.75, 3.05) is 11.8 Å². The van der Waals surface area contributed by atoms with Crippen molar-refractivity contribution in [3.05, 3.63) is 53.1 Å². The number of benzene rings is 2. The highest BCUT2D eigenvalue weighted by Crippen LogP contribution is 2.34. The van der Waals surface area contributed by atoms with Gasteiger partial charge < -0.3 is 9.84 Å². The van der Waals surface area contributed by atoms with Gasteiger partial charge in [0, 0.05) is 9.72 Å². The van der Waals surface area contributed by atoms with E-state index >= 15 is 0 Å². The number of methoxy groups -OCH3 is 1. The molecule has 0 aliphatic carbocycles.